The predicted octanol–water partition coefficient (Wildman–Crippen LogP) is 2.98. The van der Waals surface area contributed by atoms with Gasteiger partial charge in [-0.3, -0.25) is 14.6 Å². The maximum absolute atomic E-state index is 12.6. The van der Waals surface area contributed by atoms with Gasteiger partial charge < -0.3 is 9.80 Å². The number of carbonyl (C=O) groups excluding carboxylic acids is 2. The summed E-state index contributed by atoms with van der Waals surface area (Å²) in [4.78, 5) is 32.8. The first-order valence-electron chi connectivity index (χ1n) is 8.25. The molecule has 0 unspecified atom stereocenters. The van der Waals surface area contributed by atoms with Gasteiger partial charge in [0.15, 0.2) is 0 Å². The summed E-state index contributed by atoms with van der Waals surface area (Å²) in [6.07, 6.45) is 4.79. The topological polar surface area (TPSA) is 53.5 Å². The van der Waals surface area contributed by atoms with E-state index in [0.29, 0.717) is 5.56 Å². The third-order valence-corrected chi connectivity index (χ3v) is 4.32. The molecule has 5 heteroatoms. The number of likely N-dealkylation sites (tertiary alicyclic amines) is 1. The number of rotatable bonds is 3. The number of para-hydroxylation sites is 1. The Hall–Kier alpha value is -2.69. The molecule has 1 aliphatic heterocycles. The number of hydrogen-bond donors (Lipinski definition) is 0. The normalized spacial score (nSPS) is 14.3. The Bertz CT molecular complexity index is 724. The summed E-state index contributed by atoms with van der Waals surface area (Å²) in [6.45, 7) is 1.57. The molecule has 2 aromatic rings. The molecule has 2 amide bonds. The Labute approximate surface area is 141 Å². The van der Waals surface area contributed by atoms with Crippen molar-refractivity contribution in [2.75, 3.05) is 25.0 Å². The third-order valence-electron chi connectivity index (χ3n) is 4.32. The number of carbonyl (C=O) groups is 2. The minimum Gasteiger partial charge on any atom is -0.339 e. The van der Waals surface area contributed by atoms with E-state index in [2.05, 4.69) is 4.98 Å². The quantitative estimate of drug-likeness (QED) is 0.872. The minimum atomic E-state index is -0.227. The molecule has 0 atom stereocenters. The summed E-state index contributed by atoms with van der Waals surface area (Å²) >= 11 is 0. The van der Waals surface area contributed by atoms with E-state index in [0.717, 1.165) is 31.6 Å². The van der Waals surface area contributed by atoms with Crippen molar-refractivity contribution in [2.24, 2.45) is 0 Å². The molecule has 0 spiro atoms. The molecular weight excluding hydrogens is 302 g/mol. The maximum Gasteiger partial charge on any atom is 0.276 e. The monoisotopic (exact) mass is 323 g/mol. The summed E-state index contributed by atoms with van der Waals surface area (Å²) in [5.74, 6) is -0.247. The maximum atomic E-state index is 12.6. The minimum absolute atomic E-state index is 0.0199. The van der Waals surface area contributed by atoms with Crippen molar-refractivity contribution in [1.82, 2.24) is 9.88 Å². The van der Waals surface area contributed by atoms with Gasteiger partial charge in [0.1, 0.15) is 5.69 Å². The van der Waals surface area contributed by atoms with Gasteiger partial charge in [-0.15, -0.1) is 0 Å². The molecule has 1 fully saturated rings. The Morgan fingerprint density at radius 3 is 2.46 bits per heavy atom. The van der Waals surface area contributed by atoms with E-state index in [1.54, 1.807) is 19.2 Å². The van der Waals surface area contributed by atoms with Crippen molar-refractivity contribution < 1.29 is 9.59 Å². The summed E-state index contributed by atoms with van der Waals surface area (Å²) in [7, 11) is 1.71. The Balaban J connectivity index is 1.79. The average molecular weight is 323 g/mol. The van der Waals surface area contributed by atoms with Crippen molar-refractivity contribution in [3.63, 3.8) is 0 Å². The molecular formula is C19H21N3O2. The number of amides is 2. The molecule has 0 saturated carbocycles. The summed E-state index contributed by atoms with van der Waals surface area (Å²) in [5.41, 5.74) is 1.60. The lowest BCUT2D eigenvalue weighted by Gasteiger charge is -2.26. The van der Waals surface area contributed by atoms with E-state index in [9.17, 15) is 9.59 Å². The van der Waals surface area contributed by atoms with Gasteiger partial charge in [-0.1, -0.05) is 18.2 Å². The van der Waals surface area contributed by atoms with Crippen LogP contribution in [0.15, 0.2) is 48.7 Å². The molecule has 1 saturated heterocycles. The third kappa shape index (κ3) is 3.45. The Kier molecular flexibility index (Phi) is 4.89. The van der Waals surface area contributed by atoms with Gasteiger partial charge in [0.25, 0.3) is 11.8 Å². The lowest BCUT2D eigenvalue weighted by molar-refractivity contribution is 0.0724. The highest BCUT2D eigenvalue weighted by Crippen LogP contribution is 2.16. The van der Waals surface area contributed by atoms with Gasteiger partial charge in [-0.2, -0.15) is 0 Å². The fourth-order valence-corrected chi connectivity index (χ4v) is 2.90. The fourth-order valence-electron chi connectivity index (χ4n) is 2.90. The number of anilines is 1. The SMILES string of the molecule is CN(C(=O)c1cc(C(=O)N2CCCCC2)ccn1)c1ccccc1. The summed E-state index contributed by atoms with van der Waals surface area (Å²) in [5, 5.41) is 0. The van der Waals surface area contributed by atoms with Crippen LogP contribution in [0.5, 0.6) is 0 Å². The lowest BCUT2D eigenvalue weighted by atomic mass is 10.1. The van der Waals surface area contributed by atoms with Crippen LogP contribution in [0.25, 0.3) is 0 Å². The average Bonchev–Trinajstić information content (AvgIpc) is 2.67. The number of piperidine rings is 1. The zero-order valence-corrected chi connectivity index (χ0v) is 13.8. The van der Waals surface area contributed by atoms with Gasteiger partial charge in [-0.05, 0) is 43.5 Å². The van der Waals surface area contributed by atoms with Crippen molar-refractivity contribution in [1.29, 1.82) is 0 Å². The van der Waals surface area contributed by atoms with Crippen LogP contribution in [0.2, 0.25) is 0 Å². The van der Waals surface area contributed by atoms with Gasteiger partial charge in [0.05, 0.1) is 0 Å². The van der Waals surface area contributed by atoms with Crippen LogP contribution in [-0.2, 0) is 0 Å². The smallest absolute Gasteiger partial charge is 0.276 e. The van der Waals surface area contributed by atoms with Crippen LogP contribution in [0.4, 0.5) is 5.69 Å². The number of aromatic nitrogens is 1. The van der Waals surface area contributed by atoms with E-state index in [1.165, 1.54) is 17.5 Å². The second-order valence-corrected chi connectivity index (χ2v) is 5.98. The first-order chi connectivity index (χ1) is 11.7. The van der Waals surface area contributed by atoms with Crippen LogP contribution in [0.3, 0.4) is 0 Å². The lowest BCUT2D eigenvalue weighted by Crippen LogP contribution is -2.36. The highest BCUT2D eigenvalue weighted by Gasteiger charge is 2.21. The van der Waals surface area contributed by atoms with E-state index in [4.69, 9.17) is 0 Å². The highest BCUT2D eigenvalue weighted by atomic mass is 16.2. The zero-order chi connectivity index (χ0) is 16.9. The summed E-state index contributed by atoms with van der Waals surface area (Å²) in [6, 6.07) is 12.7. The molecule has 1 aromatic carbocycles. The number of benzene rings is 1. The summed E-state index contributed by atoms with van der Waals surface area (Å²) < 4.78 is 0. The van der Waals surface area contributed by atoms with Gasteiger partial charge in [-0.25, -0.2) is 0 Å². The predicted molar refractivity (Wildman–Crippen MR) is 93.2 cm³/mol. The van der Waals surface area contributed by atoms with Gasteiger partial charge in [0.2, 0.25) is 0 Å². The number of hydrogen-bond acceptors (Lipinski definition) is 3. The standard InChI is InChI=1S/C19H21N3O2/c1-21(16-8-4-2-5-9-16)19(24)17-14-15(10-11-20-17)18(23)22-12-6-3-7-13-22/h2,4-5,8-11,14H,3,6-7,12-13H2,1H3. The van der Waals surface area contributed by atoms with Crippen molar-refractivity contribution in [3.8, 4) is 0 Å². The largest absolute Gasteiger partial charge is 0.339 e. The van der Waals surface area contributed by atoms with Gasteiger partial charge in [0, 0.05) is 37.6 Å². The molecule has 0 radical (unpaired) electrons. The number of nitrogens with zero attached hydrogens (tertiary/aromatic N) is 3. The first kappa shape index (κ1) is 16.2. The van der Waals surface area contributed by atoms with Crippen molar-refractivity contribution >= 4 is 17.5 Å². The van der Waals surface area contributed by atoms with E-state index in [1.807, 2.05) is 35.2 Å². The molecule has 1 aromatic heterocycles. The molecule has 0 bridgehead atoms. The van der Waals surface area contributed by atoms with E-state index < -0.39 is 0 Å². The van der Waals surface area contributed by atoms with E-state index >= 15 is 0 Å². The number of pyridine rings is 1. The molecule has 5 nitrogen and oxygen atoms in total. The second kappa shape index (κ2) is 7.25. The van der Waals surface area contributed by atoms with Crippen molar-refractivity contribution in [2.45, 2.75) is 19.3 Å². The van der Waals surface area contributed by atoms with Crippen LogP contribution in [0.1, 0.15) is 40.1 Å². The highest BCUT2D eigenvalue weighted by molar-refractivity contribution is 6.06. The molecule has 24 heavy (non-hydrogen) atoms. The second-order valence-electron chi connectivity index (χ2n) is 5.98. The molecule has 0 aliphatic carbocycles. The van der Waals surface area contributed by atoms with Crippen LogP contribution in [-0.4, -0.2) is 41.8 Å². The first-order valence-corrected chi connectivity index (χ1v) is 8.25. The van der Waals surface area contributed by atoms with Crippen LogP contribution in [0, 0.1) is 0 Å². The molecule has 124 valence electrons. The van der Waals surface area contributed by atoms with E-state index in [-0.39, 0.29) is 17.5 Å². The molecule has 3 rings (SSSR count). The van der Waals surface area contributed by atoms with Crippen LogP contribution < -0.4 is 4.90 Å². The van der Waals surface area contributed by atoms with Crippen LogP contribution >= 0.6 is 0 Å². The van der Waals surface area contributed by atoms with Gasteiger partial charge >= 0.3 is 0 Å². The molecule has 2 heterocycles. The molecule has 1 aliphatic rings. The Morgan fingerprint density at radius 2 is 1.75 bits per heavy atom. The zero-order valence-electron chi connectivity index (χ0n) is 13.8. The Morgan fingerprint density at radius 1 is 1.04 bits per heavy atom. The fraction of sp³-hybridized carbons (Fsp3) is 0.316. The molecule has 0 N–H and O–H groups in total. The van der Waals surface area contributed by atoms with Crippen molar-refractivity contribution in [3.05, 3.63) is 59.9 Å².